The summed E-state index contributed by atoms with van der Waals surface area (Å²) in [4.78, 5) is 28.5. The molecule has 1 aliphatic rings. The Hall–Kier alpha value is -2.90. The lowest BCUT2D eigenvalue weighted by Crippen LogP contribution is -2.54. The number of carboxylic acids is 1. The zero-order valence-corrected chi connectivity index (χ0v) is 15.9. The molecule has 1 aliphatic carbocycles. The third-order valence-corrected chi connectivity index (χ3v) is 5.13. The first-order chi connectivity index (χ1) is 13.5. The molecule has 2 N–H and O–H groups in total. The maximum Gasteiger partial charge on any atom is 0.329 e. The van der Waals surface area contributed by atoms with Gasteiger partial charge >= 0.3 is 5.97 Å². The Kier molecular flexibility index (Phi) is 6.28. The van der Waals surface area contributed by atoms with E-state index in [1.54, 1.807) is 19.2 Å². The fourth-order valence-corrected chi connectivity index (χ4v) is 3.49. The van der Waals surface area contributed by atoms with Crippen molar-refractivity contribution in [2.24, 2.45) is 0 Å². The van der Waals surface area contributed by atoms with Crippen LogP contribution in [0.1, 0.15) is 50.8 Å². The van der Waals surface area contributed by atoms with Gasteiger partial charge in [0.1, 0.15) is 11.3 Å². The number of ether oxygens (including phenoxy) is 1. The van der Waals surface area contributed by atoms with Crippen LogP contribution in [0.4, 0.5) is 0 Å². The summed E-state index contributed by atoms with van der Waals surface area (Å²) in [6.07, 6.45) is 4.90. The molecule has 0 bridgehead atoms. The number of benzene rings is 1. The van der Waals surface area contributed by atoms with Gasteiger partial charge in [0.05, 0.1) is 7.11 Å². The zero-order valence-electron chi connectivity index (χ0n) is 15.9. The number of hydrogen-bond donors (Lipinski definition) is 2. The SMILES string of the molecule is COc1ccc(-c2noc(CCC(=O)NC3(C(=O)O)CCCCCC3)n2)cc1. The van der Waals surface area contributed by atoms with Crippen molar-refractivity contribution in [3.63, 3.8) is 0 Å². The number of aliphatic carboxylic acids is 1. The second-order valence-electron chi connectivity index (χ2n) is 7.09. The third kappa shape index (κ3) is 4.68. The Bertz CT molecular complexity index is 808. The second kappa shape index (κ2) is 8.86. The van der Waals surface area contributed by atoms with Crippen molar-refractivity contribution >= 4 is 11.9 Å². The van der Waals surface area contributed by atoms with Gasteiger partial charge in [-0.1, -0.05) is 30.8 Å². The molecule has 0 saturated heterocycles. The minimum atomic E-state index is -1.16. The van der Waals surface area contributed by atoms with Gasteiger partial charge in [-0.15, -0.1) is 0 Å². The van der Waals surface area contributed by atoms with E-state index in [4.69, 9.17) is 9.26 Å². The van der Waals surface area contributed by atoms with Crippen LogP contribution in [-0.2, 0) is 16.0 Å². The number of nitrogens with one attached hydrogen (secondary N) is 1. The lowest BCUT2D eigenvalue weighted by molar-refractivity contribution is -0.148. The van der Waals surface area contributed by atoms with Crippen molar-refractivity contribution < 1.29 is 24.0 Å². The Morgan fingerprint density at radius 1 is 1.18 bits per heavy atom. The van der Waals surface area contributed by atoms with Crippen LogP contribution in [0.15, 0.2) is 28.8 Å². The van der Waals surface area contributed by atoms with Crippen LogP contribution >= 0.6 is 0 Å². The zero-order chi connectivity index (χ0) is 20.0. The van der Waals surface area contributed by atoms with Gasteiger partial charge in [0.15, 0.2) is 0 Å². The number of rotatable bonds is 7. The molecule has 2 aromatic rings. The van der Waals surface area contributed by atoms with E-state index < -0.39 is 11.5 Å². The minimum absolute atomic E-state index is 0.0965. The maximum absolute atomic E-state index is 12.4. The fraction of sp³-hybridized carbons (Fsp3) is 0.500. The summed E-state index contributed by atoms with van der Waals surface area (Å²) >= 11 is 0. The summed E-state index contributed by atoms with van der Waals surface area (Å²) in [7, 11) is 1.59. The number of nitrogens with zero attached hydrogens (tertiary/aromatic N) is 2. The van der Waals surface area contributed by atoms with Gasteiger partial charge < -0.3 is 19.7 Å². The van der Waals surface area contributed by atoms with Crippen LogP contribution in [0, 0.1) is 0 Å². The number of carbonyl (C=O) groups is 2. The van der Waals surface area contributed by atoms with E-state index in [-0.39, 0.29) is 18.7 Å². The number of carbonyl (C=O) groups excluding carboxylic acids is 1. The van der Waals surface area contributed by atoms with E-state index in [9.17, 15) is 14.7 Å². The van der Waals surface area contributed by atoms with E-state index >= 15 is 0 Å². The molecule has 1 saturated carbocycles. The van der Waals surface area contributed by atoms with Crippen molar-refractivity contribution in [1.82, 2.24) is 15.5 Å². The Balaban J connectivity index is 1.58. The lowest BCUT2D eigenvalue weighted by atomic mass is 9.90. The Labute approximate surface area is 163 Å². The smallest absolute Gasteiger partial charge is 0.329 e. The number of hydrogen-bond acceptors (Lipinski definition) is 6. The predicted octanol–water partition coefficient (Wildman–Crippen LogP) is 2.97. The van der Waals surface area contributed by atoms with Gasteiger partial charge in [-0.25, -0.2) is 4.79 Å². The van der Waals surface area contributed by atoms with Gasteiger partial charge in [0.2, 0.25) is 17.6 Å². The Morgan fingerprint density at radius 2 is 1.86 bits per heavy atom. The average molecular weight is 387 g/mol. The summed E-state index contributed by atoms with van der Waals surface area (Å²) in [5.41, 5.74) is -0.375. The van der Waals surface area contributed by atoms with Crippen LogP contribution in [0.2, 0.25) is 0 Å². The number of carboxylic acid groups (broad SMARTS) is 1. The monoisotopic (exact) mass is 387 g/mol. The van der Waals surface area contributed by atoms with Crippen molar-refractivity contribution in [2.45, 2.75) is 56.9 Å². The molecule has 3 rings (SSSR count). The molecule has 1 fully saturated rings. The van der Waals surface area contributed by atoms with Gasteiger partial charge in [-0.2, -0.15) is 4.98 Å². The predicted molar refractivity (Wildman–Crippen MR) is 101 cm³/mol. The van der Waals surface area contributed by atoms with E-state index in [1.807, 2.05) is 12.1 Å². The van der Waals surface area contributed by atoms with Crippen molar-refractivity contribution in [1.29, 1.82) is 0 Å². The molecule has 0 unspecified atom stereocenters. The first kappa shape index (κ1) is 19.9. The first-order valence-corrected chi connectivity index (χ1v) is 9.54. The molecule has 0 spiro atoms. The van der Waals surface area contributed by atoms with E-state index in [0.29, 0.717) is 24.6 Å². The minimum Gasteiger partial charge on any atom is -0.497 e. The topological polar surface area (TPSA) is 115 Å². The molecular weight excluding hydrogens is 362 g/mol. The quantitative estimate of drug-likeness (QED) is 0.702. The number of aromatic nitrogens is 2. The van der Waals surface area contributed by atoms with Gasteiger partial charge in [-0.05, 0) is 37.1 Å². The largest absolute Gasteiger partial charge is 0.497 e. The highest BCUT2D eigenvalue weighted by molar-refractivity contribution is 5.87. The molecule has 28 heavy (non-hydrogen) atoms. The van der Waals surface area contributed by atoms with Crippen molar-refractivity contribution in [2.75, 3.05) is 7.11 Å². The summed E-state index contributed by atoms with van der Waals surface area (Å²) in [5, 5.41) is 16.3. The van der Waals surface area contributed by atoms with E-state index in [0.717, 1.165) is 37.0 Å². The molecule has 1 amide bonds. The summed E-state index contributed by atoms with van der Waals surface area (Å²) in [5.74, 6) is 0.237. The molecule has 150 valence electrons. The van der Waals surface area contributed by atoms with Crippen molar-refractivity contribution in [3.8, 4) is 17.1 Å². The van der Waals surface area contributed by atoms with Crippen LogP contribution in [0.3, 0.4) is 0 Å². The Morgan fingerprint density at radius 3 is 2.46 bits per heavy atom. The average Bonchev–Trinajstić information content (AvgIpc) is 3.05. The summed E-state index contributed by atoms with van der Waals surface area (Å²) in [6, 6.07) is 7.25. The molecule has 8 nitrogen and oxygen atoms in total. The summed E-state index contributed by atoms with van der Waals surface area (Å²) in [6.45, 7) is 0. The number of amides is 1. The van der Waals surface area contributed by atoms with Crippen LogP contribution in [0.5, 0.6) is 5.75 Å². The van der Waals surface area contributed by atoms with Crippen LogP contribution in [-0.4, -0.2) is 39.8 Å². The highest BCUT2D eigenvalue weighted by atomic mass is 16.5. The summed E-state index contributed by atoms with van der Waals surface area (Å²) < 4.78 is 10.3. The molecule has 8 heteroatoms. The molecular formula is C20H25N3O5. The van der Waals surface area contributed by atoms with Crippen LogP contribution in [0.25, 0.3) is 11.4 Å². The first-order valence-electron chi connectivity index (χ1n) is 9.54. The number of methoxy groups -OCH3 is 1. The standard InChI is InChI=1S/C20H25N3O5/c1-27-15-8-6-14(7-9-15)18-21-17(28-23-18)11-10-16(24)22-20(19(25)26)12-4-2-3-5-13-20/h6-9H,2-5,10-13H2,1H3,(H,22,24)(H,25,26). The molecule has 0 radical (unpaired) electrons. The second-order valence-corrected chi connectivity index (χ2v) is 7.09. The molecule has 1 heterocycles. The third-order valence-electron chi connectivity index (χ3n) is 5.13. The van der Waals surface area contributed by atoms with Crippen molar-refractivity contribution in [3.05, 3.63) is 30.2 Å². The van der Waals surface area contributed by atoms with Gasteiger partial charge in [0, 0.05) is 18.4 Å². The molecule has 0 atom stereocenters. The van der Waals surface area contributed by atoms with Gasteiger partial charge in [0.25, 0.3) is 0 Å². The van der Waals surface area contributed by atoms with Gasteiger partial charge in [-0.3, -0.25) is 4.79 Å². The van der Waals surface area contributed by atoms with E-state index in [1.165, 1.54) is 0 Å². The normalized spacial score (nSPS) is 16.2. The maximum atomic E-state index is 12.4. The fourth-order valence-electron chi connectivity index (χ4n) is 3.49. The number of aryl methyl sites for hydroxylation is 1. The molecule has 1 aromatic heterocycles. The van der Waals surface area contributed by atoms with E-state index in [2.05, 4.69) is 15.5 Å². The highest BCUT2D eigenvalue weighted by Gasteiger charge is 2.39. The van der Waals surface area contributed by atoms with Crippen LogP contribution < -0.4 is 10.1 Å². The molecule has 0 aliphatic heterocycles. The molecule has 1 aromatic carbocycles. The highest BCUT2D eigenvalue weighted by Crippen LogP contribution is 2.28. The lowest BCUT2D eigenvalue weighted by Gasteiger charge is -2.29.